The van der Waals surface area contributed by atoms with E-state index >= 15 is 0 Å². The average molecular weight is 815 g/mol. The first kappa shape index (κ1) is 36.5. The molecular formula is C38H45IN3O9-. The van der Waals surface area contributed by atoms with Crippen LogP contribution in [0.25, 0.3) is 27.6 Å². The minimum atomic E-state index is -1.78. The molecule has 6 rings (SSSR count). The molecule has 2 aliphatic heterocycles. The zero-order chi connectivity index (χ0) is 36.8. The number of methoxy groups -OCH3 is 4. The zero-order valence-corrected chi connectivity index (χ0v) is 32.1. The number of nitrogens with one attached hydrogen (secondary N) is 2. The molecule has 274 valence electrons. The number of halogens is 1. The Morgan fingerprint density at radius 3 is 2.47 bits per heavy atom. The molecule has 2 aromatic heterocycles. The van der Waals surface area contributed by atoms with Gasteiger partial charge in [-0.1, -0.05) is 0 Å². The fourth-order valence-corrected chi connectivity index (χ4v) is 10.4. The molecule has 51 heavy (non-hydrogen) atoms. The number of anilines is 1. The predicted octanol–water partition coefficient (Wildman–Crippen LogP) is 2.87. The molecule has 1 saturated heterocycles. The van der Waals surface area contributed by atoms with E-state index in [1.165, 1.54) is 46.4 Å². The third-order valence-corrected chi connectivity index (χ3v) is 13.2. The Kier molecular flexibility index (Phi) is 10.1. The van der Waals surface area contributed by atoms with Crippen LogP contribution in [0, 0.1) is 5.92 Å². The second-order valence-electron chi connectivity index (χ2n) is 13.8. The molecule has 2 unspecified atom stereocenters. The van der Waals surface area contributed by atoms with Gasteiger partial charge >= 0.3 is 277 Å². The molecular weight excluding hydrogens is 769 g/mol. The summed E-state index contributed by atoms with van der Waals surface area (Å²) in [6, 6.07) is 5.09. The maximum absolute atomic E-state index is 14.7. The van der Waals surface area contributed by atoms with Crippen molar-refractivity contribution in [2.24, 2.45) is 5.92 Å². The normalized spacial score (nSPS) is 21.1. The Bertz CT molecular complexity index is 2070. The van der Waals surface area contributed by atoms with Gasteiger partial charge in [0.15, 0.2) is 0 Å². The number of rotatable bonds is 9. The van der Waals surface area contributed by atoms with E-state index in [4.69, 9.17) is 18.9 Å². The van der Waals surface area contributed by atoms with Gasteiger partial charge in [-0.3, -0.25) is 0 Å². The number of carbonyl (C=O) groups is 3. The number of alkyl halides is 2. The number of ketones is 1. The number of aliphatic hydroxyl groups excluding tert-OH is 1. The summed E-state index contributed by atoms with van der Waals surface area (Å²) in [7, 11) is 5.73. The number of hydrogen-bond acceptors (Lipinski definition) is 10. The number of esters is 1. The first-order valence-corrected chi connectivity index (χ1v) is 20.0. The molecule has 2 aliphatic rings. The maximum atomic E-state index is 14.7. The van der Waals surface area contributed by atoms with Crippen LogP contribution in [0.4, 0.5) is 5.69 Å². The van der Waals surface area contributed by atoms with E-state index in [0.29, 0.717) is 55.5 Å². The van der Waals surface area contributed by atoms with Crippen LogP contribution in [0.15, 0.2) is 30.5 Å². The van der Waals surface area contributed by atoms with Crippen LogP contribution in [0.1, 0.15) is 78.4 Å². The van der Waals surface area contributed by atoms with Crippen LogP contribution in [0.3, 0.4) is 0 Å². The zero-order valence-electron chi connectivity index (χ0n) is 30.0. The number of aliphatic hydroxyl groups is 2. The summed E-state index contributed by atoms with van der Waals surface area (Å²) in [4.78, 5) is 45.5. The van der Waals surface area contributed by atoms with Gasteiger partial charge in [0.05, 0.1) is 21.3 Å². The molecule has 12 nitrogen and oxygen atoms in total. The third-order valence-electron chi connectivity index (χ3n) is 9.73. The fourth-order valence-electron chi connectivity index (χ4n) is 7.25. The molecule has 4 heterocycles. The van der Waals surface area contributed by atoms with Crippen LogP contribution < -0.4 is 40.7 Å². The summed E-state index contributed by atoms with van der Waals surface area (Å²) in [5, 5.41) is 27.7. The van der Waals surface area contributed by atoms with Crippen molar-refractivity contribution >= 4 is 50.9 Å². The number of H-pyrrole nitrogens is 1. The van der Waals surface area contributed by atoms with Crippen molar-refractivity contribution in [3.8, 4) is 17.2 Å². The minimum absolute atomic E-state index is 0.0587. The first-order valence-electron chi connectivity index (χ1n) is 17.0. The van der Waals surface area contributed by atoms with Crippen molar-refractivity contribution < 1.29 is 64.7 Å². The summed E-state index contributed by atoms with van der Waals surface area (Å²) in [5.41, 5.74) is -0.428. The number of allylic oxidation sites excluding steroid dienone is 1. The molecule has 0 bridgehead atoms. The van der Waals surface area contributed by atoms with E-state index in [2.05, 4.69) is 10.3 Å². The Balaban J connectivity index is 1.63. The predicted molar refractivity (Wildman–Crippen MR) is 190 cm³/mol. The number of benzene rings is 2. The van der Waals surface area contributed by atoms with E-state index in [0.717, 1.165) is 17.3 Å². The SMILES string of the molecule is COC(=O)C1(C)Nc2c(/C(O)=C/C(C)C)cc3c(c(CC4(O)CCCCC[I-]C4)cn3C(=O)c3cc4cc(OC)c(OC)c(OC)c4[nH]3)c2C1=O. The van der Waals surface area contributed by atoms with Gasteiger partial charge < -0.3 is 9.47 Å². The molecule has 0 spiro atoms. The number of ether oxygens (including phenoxy) is 4. The van der Waals surface area contributed by atoms with Crippen molar-refractivity contribution in [3.05, 3.63) is 52.9 Å². The van der Waals surface area contributed by atoms with Gasteiger partial charge in [-0.15, -0.1) is 0 Å². The van der Waals surface area contributed by atoms with Crippen molar-refractivity contribution in [1.82, 2.24) is 9.55 Å². The van der Waals surface area contributed by atoms with Crippen molar-refractivity contribution in [2.45, 2.75) is 64.0 Å². The summed E-state index contributed by atoms with van der Waals surface area (Å²) in [6.07, 6.45) is 7.22. The summed E-state index contributed by atoms with van der Waals surface area (Å²) in [6.45, 7) is 5.26. The monoisotopic (exact) mass is 814 g/mol. The summed E-state index contributed by atoms with van der Waals surface area (Å²) >= 11 is -0.238. The fraction of sp³-hybridized carbons (Fsp3) is 0.447. The number of aromatic amines is 1. The average Bonchev–Trinajstić information content (AvgIpc) is 3.76. The molecule has 4 aromatic rings. The van der Waals surface area contributed by atoms with Gasteiger partial charge in [0.1, 0.15) is 0 Å². The van der Waals surface area contributed by atoms with E-state index in [1.54, 1.807) is 30.5 Å². The van der Waals surface area contributed by atoms with Crippen LogP contribution >= 0.6 is 0 Å². The van der Waals surface area contributed by atoms with Gasteiger partial charge in [0, 0.05) is 0 Å². The molecule has 0 radical (unpaired) electrons. The number of aromatic nitrogens is 2. The topological polar surface area (TPSA) is 161 Å². The molecule has 2 atom stereocenters. The number of fused-ring (bicyclic) bond motifs is 4. The quantitative estimate of drug-likeness (QED) is 0.0651. The Morgan fingerprint density at radius 2 is 1.80 bits per heavy atom. The van der Waals surface area contributed by atoms with Crippen LogP contribution in [-0.2, 0) is 16.0 Å². The first-order chi connectivity index (χ1) is 24.3. The Labute approximate surface area is 306 Å². The van der Waals surface area contributed by atoms with Crippen LogP contribution in [-0.4, -0.2) is 85.9 Å². The van der Waals surface area contributed by atoms with Gasteiger partial charge in [-0.05, 0) is 0 Å². The molecule has 13 heteroatoms. The standard InChI is InChI=1S/C38H45IN3O9/c1-20(2)13-26(43)23-16-25-28(29-31(23)41-37(3,34(29)44)36(46)51-7)22(17-38(47)11-9-8-10-12-39-19-38)18-42(25)35(45)24-14-21-15-27(48-4)32(49-5)33(50-6)30(21)40-24/h13-16,18,20,40-41,43,47H,8-12,17,19H2,1-7H3/q-1/b26-13-. The number of hydrogen-bond donors (Lipinski definition) is 4. The Hall–Kier alpha value is -4.24. The van der Waals surface area contributed by atoms with Gasteiger partial charge in [-0.2, -0.15) is 0 Å². The van der Waals surface area contributed by atoms with E-state index in [-0.39, 0.29) is 61.8 Å². The van der Waals surface area contributed by atoms with Gasteiger partial charge in [-0.25, -0.2) is 0 Å². The van der Waals surface area contributed by atoms with E-state index in [1.807, 2.05) is 13.8 Å². The molecule has 0 saturated carbocycles. The van der Waals surface area contributed by atoms with Gasteiger partial charge in [0.2, 0.25) is 0 Å². The molecule has 2 aromatic carbocycles. The number of Topliss-reactive ketones (excluding diaryl/α,β-unsaturated/α-hetero) is 1. The number of nitrogens with zero attached hydrogens (tertiary/aromatic N) is 1. The molecule has 0 aliphatic carbocycles. The van der Waals surface area contributed by atoms with E-state index < -0.39 is 28.8 Å². The van der Waals surface area contributed by atoms with Crippen molar-refractivity contribution in [2.75, 3.05) is 42.6 Å². The van der Waals surface area contributed by atoms with E-state index in [9.17, 15) is 24.6 Å². The van der Waals surface area contributed by atoms with Crippen molar-refractivity contribution in [3.63, 3.8) is 0 Å². The third kappa shape index (κ3) is 6.32. The van der Waals surface area contributed by atoms with Crippen LogP contribution in [0.5, 0.6) is 17.2 Å². The molecule has 1 fully saturated rings. The summed E-state index contributed by atoms with van der Waals surface area (Å²) in [5.74, 6) is -0.803. The van der Waals surface area contributed by atoms with Crippen molar-refractivity contribution in [1.29, 1.82) is 0 Å². The second-order valence-corrected chi connectivity index (χ2v) is 16.7. The van der Waals surface area contributed by atoms with Gasteiger partial charge in [0.25, 0.3) is 0 Å². The summed E-state index contributed by atoms with van der Waals surface area (Å²) < 4.78 is 25.1. The molecule has 0 amide bonds. The second kappa shape index (κ2) is 14.1. The van der Waals surface area contributed by atoms with Crippen LogP contribution in [0.2, 0.25) is 0 Å². The Morgan fingerprint density at radius 1 is 1.06 bits per heavy atom. The number of carbonyl (C=O) groups excluding carboxylic acids is 3. The molecule has 4 N–H and O–H groups in total.